The summed E-state index contributed by atoms with van der Waals surface area (Å²) in [5.41, 5.74) is 4.31. The number of nitro groups is 1. The van der Waals surface area contributed by atoms with Crippen LogP contribution in [0.5, 0.6) is 5.75 Å². The van der Waals surface area contributed by atoms with Crippen molar-refractivity contribution in [2.45, 2.75) is 20.5 Å². The average Bonchev–Trinajstić information content (AvgIpc) is 3.50. The molecular formula is C27H21N3O5S. The fraction of sp³-hybridized carbons (Fsp3) is 0.111. The zero-order valence-corrected chi connectivity index (χ0v) is 20.3. The van der Waals surface area contributed by atoms with Crippen LogP contribution in [-0.4, -0.2) is 15.8 Å². The molecule has 180 valence electrons. The van der Waals surface area contributed by atoms with Crippen molar-refractivity contribution in [1.82, 2.24) is 4.98 Å². The summed E-state index contributed by atoms with van der Waals surface area (Å²) in [6.07, 6.45) is 0. The van der Waals surface area contributed by atoms with Crippen LogP contribution in [-0.2, 0) is 6.61 Å². The van der Waals surface area contributed by atoms with Crippen molar-refractivity contribution in [3.05, 3.63) is 106 Å². The molecule has 36 heavy (non-hydrogen) atoms. The van der Waals surface area contributed by atoms with E-state index in [4.69, 9.17) is 14.1 Å². The number of ether oxygens (including phenoxy) is 1. The molecular weight excluding hydrogens is 478 g/mol. The molecule has 8 nitrogen and oxygen atoms in total. The number of thiazole rings is 1. The third-order valence-electron chi connectivity index (χ3n) is 5.57. The number of hydrogen-bond acceptors (Lipinski definition) is 7. The highest BCUT2D eigenvalue weighted by molar-refractivity contribution is 7.21. The minimum Gasteiger partial charge on any atom is -0.486 e. The van der Waals surface area contributed by atoms with Gasteiger partial charge < -0.3 is 14.5 Å². The molecule has 0 aliphatic carbocycles. The number of anilines is 1. The summed E-state index contributed by atoms with van der Waals surface area (Å²) in [6, 6.07) is 21.5. The first-order chi connectivity index (χ1) is 17.4. The number of carbonyl (C=O) groups is 1. The molecule has 0 atom stereocenters. The van der Waals surface area contributed by atoms with Gasteiger partial charge in [0, 0.05) is 22.9 Å². The molecule has 0 fully saturated rings. The van der Waals surface area contributed by atoms with Gasteiger partial charge in [-0.3, -0.25) is 14.9 Å². The van der Waals surface area contributed by atoms with E-state index in [1.807, 2.05) is 36.4 Å². The number of nitro benzene ring substituents is 1. The first-order valence-corrected chi connectivity index (χ1v) is 11.9. The molecule has 0 bridgehead atoms. The molecule has 5 rings (SSSR count). The summed E-state index contributed by atoms with van der Waals surface area (Å²) < 4.78 is 12.4. The summed E-state index contributed by atoms with van der Waals surface area (Å²) in [4.78, 5) is 27.8. The number of amides is 1. The number of furan rings is 1. The van der Waals surface area contributed by atoms with E-state index in [0.29, 0.717) is 22.8 Å². The maximum Gasteiger partial charge on any atom is 0.291 e. The summed E-state index contributed by atoms with van der Waals surface area (Å²) >= 11 is 1.63. The normalized spacial score (nSPS) is 10.9. The van der Waals surface area contributed by atoms with Crippen LogP contribution < -0.4 is 10.1 Å². The van der Waals surface area contributed by atoms with E-state index >= 15 is 0 Å². The predicted octanol–water partition coefficient (Wildman–Crippen LogP) is 6.91. The van der Waals surface area contributed by atoms with E-state index in [9.17, 15) is 14.9 Å². The van der Waals surface area contributed by atoms with E-state index in [0.717, 1.165) is 20.8 Å². The second-order valence-corrected chi connectivity index (χ2v) is 9.31. The lowest BCUT2D eigenvalue weighted by Crippen LogP contribution is -2.10. The molecule has 0 unspecified atom stereocenters. The van der Waals surface area contributed by atoms with Crippen LogP contribution in [0.2, 0.25) is 0 Å². The van der Waals surface area contributed by atoms with Crippen LogP contribution in [0, 0.1) is 24.0 Å². The molecule has 0 aliphatic heterocycles. The van der Waals surface area contributed by atoms with E-state index in [-0.39, 0.29) is 24.0 Å². The molecule has 0 saturated heterocycles. The number of nitrogens with one attached hydrogen (secondary N) is 1. The van der Waals surface area contributed by atoms with Crippen LogP contribution in [0.4, 0.5) is 11.4 Å². The van der Waals surface area contributed by atoms with Gasteiger partial charge in [0.2, 0.25) is 0 Å². The standard InChI is InChI=1S/C27H21N3O5S/c1-16-3-10-22-25(13-16)36-27(29-22)18-4-6-19(7-5-18)28-26(31)24-12-9-21(35-24)15-34-20-8-11-23(30(32)33)17(2)14-20/h3-14H,15H2,1-2H3,(H,28,31). The maximum atomic E-state index is 12.6. The quantitative estimate of drug-likeness (QED) is 0.192. The second kappa shape index (κ2) is 9.63. The van der Waals surface area contributed by atoms with Crippen molar-refractivity contribution in [2.75, 3.05) is 5.32 Å². The zero-order valence-electron chi connectivity index (χ0n) is 19.5. The molecule has 5 aromatic rings. The number of nitrogens with zero attached hydrogens (tertiary/aromatic N) is 2. The van der Waals surface area contributed by atoms with Gasteiger partial charge in [-0.1, -0.05) is 6.07 Å². The van der Waals surface area contributed by atoms with Crippen LogP contribution >= 0.6 is 11.3 Å². The molecule has 3 aromatic carbocycles. The Balaban J connectivity index is 1.20. The molecule has 2 aromatic heterocycles. The number of fused-ring (bicyclic) bond motifs is 1. The zero-order chi connectivity index (χ0) is 25.2. The summed E-state index contributed by atoms with van der Waals surface area (Å²) in [6.45, 7) is 3.79. The highest BCUT2D eigenvalue weighted by Gasteiger charge is 2.14. The van der Waals surface area contributed by atoms with Gasteiger partial charge in [0.05, 0.1) is 15.1 Å². The van der Waals surface area contributed by atoms with Crippen LogP contribution in [0.15, 0.2) is 77.2 Å². The van der Waals surface area contributed by atoms with Gasteiger partial charge in [0.1, 0.15) is 23.1 Å². The van der Waals surface area contributed by atoms with Gasteiger partial charge in [-0.25, -0.2) is 4.98 Å². The molecule has 1 N–H and O–H groups in total. The van der Waals surface area contributed by atoms with Crippen molar-refractivity contribution >= 4 is 38.8 Å². The maximum absolute atomic E-state index is 12.6. The fourth-order valence-electron chi connectivity index (χ4n) is 3.70. The molecule has 0 aliphatic rings. The Labute approximate surface area is 210 Å². The van der Waals surface area contributed by atoms with Crippen molar-refractivity contribution in [3.63, 3.8) is 0 Å². The Morgan fingerprint density at radius 3 is 2.61 bits per heavy atom. The van der Waals surface area contributed by atoms with E-state index in [1.54, 1.807) is 36.5 Å². The third kappa shape index (κ3) is 4.96. The second-order valence-electron chi connectivity index (χ2n) is 8.28. The van der Waals surface area contributed by atoms with E-state index < -0.39 is 4.92 Å². The third-order valence-corrected chi connectivity index (χ3v) is 6.63. The predicted molar refractivity (Wildman–Crippen MR) is 139 cm³/mol. The lowest BCUT2D eigenvalue weighted by atomic mass is 10.2. The summed E-state index contributed by atoms with van der Waals surface area (Å²) in [5.74, 6) is 0.705. The highest BCUT2D eigenvalue weighted by Crippen LogP contribution is 2.31. The number of rotatable bonds is 7. The van der Waals surface area contributed by atoms with E-state index in [1.165, 1.54) is 17.7 Å². The molecule has 0 radical (unpaired) electrons. The number of aromatic nitrogens is 1. The SMILES string of the molecule is Cc1ccc2nc(-c3ccc(NC(=O)c4ccc(COc5ccc([N+](=O)[O-])c(C)c5)o4)cc3)sc2c1. The molecule has 2 heterocycles. The monoisotopic (exact) mass is 499 g/mol. The van der Waals surface area contributed by atoms with Gasteiger partial charge in [0.25, 0.3) is 11.6 Å². The molecule has 0 spiro atoms. The summed E-state index contributed by atoms with van der Waals surface area (Å²) in [5, 5.41) is 14.7. The van der Waals surface area contributed by atoms with Gasteiger partial charge in [-0.15, -0.1) is 11.3 Å². The molecule has 1 amide bonds. The summed E-state index contributed by atoms with van der Waals surface area (Å²) in [7, 11) is 0. The Morgan fingerprint density at radius 1 is 1.06 bits per heavy atom. The van der Waals surface area contributed by atoms with Crippen molar-refractivity contribution in [2.24, 2.45) is 0 Å². The number of carbonyl (C=O) groups excluding carboxylic acids is 1. The Hall–Kier alpha value is -4.50. The lowest BCUT2D eigenvalue weighted by Gasteiger charge is -2.06. The van der Waals surface area contributed by atoms with Gasteiger partial charge in [0.15, 0.2) is 5.76 Å². The Morgan fingerprint density at radius 2 is 1.86 bits per heavy atom. The average molecular weight is 500 g/mol. The Bertz CT molecular complexity index is 1590. The van der Waals surface area contributed by atoms with Crippen molar-refractivity contribution < 1.29 is 18.9 Å². The van der Waals surface area contributed by atoms with Gasteiger partial charge in [-0.05, 0) is 80.1 Å². The highest BCUT2D eigenvalue weighted by atomic mass is 32.1. The van der Waals surface area contributed by atoms with Crippen molar-refractivity contribution in [1.29, 1.82) is 0 Å². The fourth-order valence-corrected chi connectivity index (χ4v) is 4.77. The molecule has 9 heteroatoms. The van der Waals surface area contributed by atoms with Crippen LogP contribution in [0.1, 0.15) is 27.4 Å². The Kier molecular flexibility index (Phi) is 6.22. The van der Waals surface area contributed by atoms with Crippen LogP contribution in [0.25, 0.3) is 20.8 Å². The largest absolute Gasteiger partial charge is 0.486 e. The minimum atomic E-state index is -0.439. The van der Waals surface area contributed by atoms with Crippen LogP contribution in [0.3, 0.4) is 0 Å². The van der Waals surface area contributed by atoms with Gasteiger partial charge >= 0.3 is 0 Å². The minimum absolute atomic E-state index is 0.0301. The molecule has 0 saturated carbocycles. The number of benzene rings is 3. The van der Waals surface area contributed by atoms with Gasteiger partial charge in [-0.2, -0.15) is 0 Å². The van der Waals surface area contributed by atoms with Crippen molar-refractivity contribution in [3.8, 4) is 16.3 Å². The van der Waals surface area contributed by atoms with E-state index in [2.05, 4.69) is 18.3 Å². The first kappa shape index (κ1) is 23.3. The smallest absolute Gasteiger partial charge is 0.291 e. The first-order valence-electron chi connectivity index (χ1n) is 11.1. The lowest BCUT2D eigenvalue weighted by molar-refractivity contribution is -0.385. The number of hydrogen-bond donors (Lipinski definition) is 1. The topological polar surface area (TPSA) is 108 Å². The number of aryl methyl sites for hydroxylation is 2.